The second-order valence-electron chi connectivity index (χ2n) is 7.29. The normalized spacial score (nSPS) is 10.7. The van der Waals surface area contributed by atoms with Crippen LogP contribution in [0.1, 0.15) is 5.56 Å². The van der Waals surface area contributed by atoms with Crippen LogP contribution in [0.5, 0.6) is 0 Å². The maximum atomic E-state index is 12.6. The van der Waals surface area contributed by atoms with Crippen LogP contribution in [-0.4, -0.2) is 38.0 Å². The zero-order valence-corrected chi connectivity index (χ0v) is 17.0. The highest BCUT2D eigenvalue weighted by Gasteiger charge is 2.12. The third-order valence-electron chi connectivity index (χ3n) is 4.64. The van der Waals surface area contributed by atoms with E-state index in [0.29, 0.717) is 12.1 Å². The Kier molecular flexibility index (Phi) is 6.87. The molecule has 150 valence electrons. The summed E-state index contributed by atoms with van der Waals surface area (Å²) in [5, 5.41) is 6.57. The monoisotopic (exact) mass is 388 g/mol. The fourth-order valence-electron chi connectivity index (χ4n) is 3.13. The van der Waals surface area contributed by atoms with Gasteiger partial charge in [-0.2, -0.15) is 0 Å². The number of amides is 1. The molecule has 29 heavy (non-hydrogen) atoms. The number of likely N-dealkylation sites (N-methyl/N-ethyl adjacent to an activating group) is 1. The van der Waals surface area contributed by atoms with E-state index in [2.05, 4.69) is 41.8 Å². The SMILES string of the molecule is CN(C)CCNc1ccccc1-c1ccccc1NC(=O)Cc1ccc(N)cc1. The Hall–Kier alpha value is -3.31. The number of anilines is 3. The minimum Gasteiger partial charge on any atom is -0.399 e. The Morgan fingerprint density at radius 1 is 0.862 bits per heavy atom. The molecule has 1 amide bonds. The van der Waals surface area contributed by atoms with Gasteiger partial charge in [-0.1, -0.05) is 48.5 Å². The fraction of sp³-hybridized carbons (Fsp3) is 0.208. The summed E-state index contributed by atoms with van der Waals surface area (Å²) in [5.41, 5.74) is 11.3. The van der Waals surface area contributed by atoms with Crippen molar-refractivity contribution in [3.05, 3.63) is 78.4 Å². The number of benzene rings is 3. The molecule has 5 heteroatoms. The van der Waals surface area contributed by atoms with Crippen LogP contribution >= 0.6 is 0 Å². The van der Waals surface area contributed by atoms with Crippen molar-refractivity contribution in [2.75, 3.05) is 43.6 Å². The largest absolute Gasteiger partial charge is 0.399 e. The average Bonchev–Trinajstić information content (AvgIpc) is 2.70. The standard InChI is InChI=1S/C24H28N4O/c1-28(2)16-15-26-22-9-5-3-7-20(22)21-8-4-6-10-23(21)27-24(29)17-18-11-13-19(25)14-12-18/h3-14,26H,15-17,25H2,1-2H3,(H,27,29). The summed E-state index contributed by atoms with van der Waals surface area (Å²) in [6.45, 7) is 1.78. The number of carbonyl (C=O) groups is 1. The van der Waals surface area contributed by atoms with E-state index >= 15 is 0 Å². The molecule has 0 fully saturated rings. The fourth-order valence-corrected chi connectivity index (χ4v) is 3.13. The van der Waals surface area contributed by atoms with Gasteiger partial charge in [-0.3, -0.25) is 4.79 Å². The molecule has 3 rings (SSSR count). The van der Waals surface area contributed by atoms with Crippen LogP contribution in [0.15, 0.2) is 72.8 Å². The minimum atomic E-state index is -0.0553. The number of carbonyl (C=O) groups excluding carboxylic acids is 1. The van der Waals surface area contributed by atoms with Crippen molar-refractivity contribution in [2.24, 2.45) is 0 Å². The Bertz CT molecular complexity index is 951. The maximum absolute atomic E-state index is 12.6. The molecule has 0 saturated heterocycles. The first kappa shape index (κ1) is 20.4. The zero-order valence-electron chi connectivity index (χ0n) is 17.0. The van der Waals surface area contributed by atoms with E-state index in [1.54, 1.807) is 0 Å². The van der Waals surface area contributed by atoms with Gasteiger partial charge in [-0.05, 0) is 43.9 Å². The Morgan fingerprint density at radius 3 is 2.10 bits per heavy atom. The quantitative estimate of drug-likeness (QED) is 0.508. The molecule has 0 aliphatic rings. The lowest BCUT2D eigenvalue weighted by Gasteiger charge is -2.17. The molecule has 0 atom stereocenters. The topological polar surface area (TPSA) is 70.4 Å². The van der Waals surface area contributed by atoms with Gasteiger partial charge in [0.1, 0.15) is 0 Å². The Labute approximate surface area is 172 Å². The Balaban J connectivity index is 1.78. The lowest BCUT2D eigenvalue weighted by atomic mass is 10.0. The summed E-state index contributed by atoms with van der Waals surface area (Å²) in [6.07, 6.45) is 0.303. The molecular weight excluding hydrogens is 360 g/mol. The van der Waals surface area contributed by atoms with E-state index in [-0.39, 0.29) is 5.91 Å². The second-order valence-corrected chi connectivity index (χ2v) is 7.29. The van der Waals surface area contributed by atoms with E-state index in [1.165, 1.54) is 0 Å². The van der Waals surface area contributed by atoms with Crippen LogP contribution in [-0.2, 0) is 11.2 Å². The van der Waals surface area contributed by atoms with Gasteiger partial charge in [0, 0.05) is 41.3 Å². The molecule has 0 aliphatic heterocycles. The molecule has 0 aromatic heterocycles. The van der Waals surface area contributed by atoms with Gasteiger partial charge < -0.3 is 21.3 Å². The van der Waals surface area contributed by atoms with Gasteiger partial charge in [0.2, 0.25) is 5.91 Å². The lowest BCUT2D eigenvalue weighted by molar-refractivity contribution is -0.115. The molecule has 5 nitrogen and oxygen atoms in total. The van der Waals surface area contributed by atoms with E-state index in [0.717, 1.165) is 41.2 Å². The van der Waals surface area contributed by atoms with Gasteiger partial charge in [0.25, 0.3) is 0 Å². The number of nitrogens with two attached hydrogens (primary N) is 1. The number of nitrogens with zero attached hydrogens (tertiary/aromatic N) is 1. The summed E-state index contributed by atoms with van der Waals surface area (Å²) in [7, 11) is 4.11. The van der Waals surface area contributed by atoms with Crippen LogP contribution in [0.25, 0.3) is 11.1 Å². The highest BCUT2D eigenvalue weighted by Crippen LogP contribution is 2.33. The second kappa shape index (κ2) is 9.75. The van der Waals surface area contributed by atoms with E-state index in [4.69, 9.17) is 5.73 Å². The molecule has 0 saturated carbocycles. The highest BCUT2D eigenvalue weighted by atomic mass is 16.1. The van der Waals surface area contributed by atoms with Crippen molar-refractivity contribution in [3.8, 4) is 11.1 Å². The van der Waals surface area contributed by atoms with Gasteiger partial charge in [0.15, 0.2) is 0 Å². The molecule has 0 heterocycles. The van der Waals surface area contributed by atoms with Crippen molar-refractivity contribution in [2.45, 2.75) is 6.42 Å². The van der Waals surface area contributed by atoms with E-state index in [9.17, 15) is 4.79 Å². The van der Waals surface area contributed by atoms with Gasteiger partial charge in [-0.25, -0.2) is 0 Å². The first-order valence-electron chi connectivity index (χ1n) is 9.74. The van der Waals surface area contributed by atoms with Crippen LogP contribution in [0.4, 0.5) is 17.1 Å². The molecule has 3 aromatic rings. The van der Waals surface area contributed by atoms with Crippen molar-refractivity contribution >= 4 is 23.0 Å². The number of rotatable bonds is 8. The summed E-state index contributed by atoms with van der Waals surface area (Å²) in [4.78, 5) is 14.8. The predicted octanol–water partition coefficient (Wildman–Crippen LogP) is 4.09. The van der Waals surface area contributed by atoms with Gasteiger partial charge in [-0.15, -0.1) is 0 Å². The molecule has 0 spiro atoms. The van der Waals surface area contributed by atoms with Crippen LogP contribution in [0.2, 0.25) is 0 Å². The zero-order chi connectivity index (χ0) is 20.6. The number of para-hydroxylation sites is 2. The maximum Gasteiger partial charge on any atom is 0.228 e. The van der Waals surface area contributed by atoms with Crippen LogP contribution in [0.3, 0.4) is 0 Å². The summed E-state index contributed by atoms with van der Waals surface area (Å²) in [6, 6.07) is 23.4. The summed E-state index contributed by atoms with van der Waals surface area (Å²) in [5.74, 6) is -0.0553. The van der Waals surface area contributed by atoms with Crippen molar-refractivity contribution < 1.29 is 4.79 Å². The number of nitrogens with one attached hydrogen (secondary N) is 2. The van der Waals surface area contributed by atoms with Crippen molar-refractivity contribution in [1.29, 1.82) is 0 Å². The molecule has 0 radical (unpaired) electrons. The molecular formula is C24H28N4O. The lowest BCUT2D eigenvalue weighted by Crippen LogP contribution is -2.21. The van der Waals surface area contributed by atoms with Crippen molar-refractivity contribution in [3.63, 3.8) is 0 Å². The molecule has 3 aromatic carbocycles. The van der Waals surface area contributed by atoms with Crippen LogP contribution < -0.4 is 16.4 Å². The first-order chi connectivity index (χ1) is 14.0. The first-order valence-corrected chi connectivity index (χ1v) is 9.74. The molecule has 0 unspecified atom stereocenters. The molecule has 4 N–H and O–H groups in total. The highest BCUT2D eigenvalue weighted by molar-refractivity contribution is 5.98. The summed E-state index contributed by atoms with van der Waals surface area (Å²) < 4.78 is 0. The van der Waals surface area contributed by atoms with Crippen molar-refractivity contribution in [1.82, 2.24) is 4.90 Å². The minimum absolute atomic E-state index is 0.0553. The van der Waals surface area contributed by atoms with Gasteiger partial charge in [0.05, 0.1) is 6.42 Å². The third-order valence-corrected chi connectivity index (χ3v) is 4.64. The smallest absolute Gasteiger partial charge is 0.228 e. The third kappa shape index (κ3) is 5.83. The number of hydrogen-bond donors (Lipinski definition) is 3. The molecule has 0 aliphatic carbocycles. The molecule has 0 bridgehead atoms. The Morgan fingerprint density at radius 2 is 1.45 bits per heavy atom. The van der Waals surface area contributed by atoms with Crippen LogP contribution in [0, 0.1) is 0 Å². The average molecular weight is 389 g/mol. The summed E-state index contributed by atoms with van der Waals surface area (Å²) >= 11 is 0. The van der Waals surface area contributed by atoms with Gasteiger partial charge >= 0.3 is 0 Å². The van der Waals surface area contributed by atoms with E-state index in [1.807, 2.05) is 60.7 Å². The van der Waals surface area contributed by atoms with E-state index < -0.39 is 0 Å². The number of hydrogen-bond acceptors (Lipinski definition) is 4. The number of nitrogen functional groups attached to an aromatic ring is 1. The predicted molar refractivity (Wildman–Crippen MR) is 122 cm³/mol.